The van der Waals surface area contributed by atoms with Crippen molar-refractivity contribution in [3.05, 3.63) is 42.5 Å². The normalized spacial score (nSPS) is 18.5. The summed E-state index contributed by atoms with van der Waals surface area (Å²) in [5, 5.41) is 2.27. The van der Waals surface area contributed by atoms with Crippen molar-refractivity contribution in [1.82, 2.24) is 4.90 Å². The van der Waals surface area contributed by atoms with Crippen LogP contribution in [0.5, 0.6) is 0 Å². The van der Waals surface area contributed by atoms with Crippen LogP contribution in [0.1, 0.15) is 6.42 Å². The van der Waals surface area contributed by atoms with Crippen molar-refractivity contribution in [2.75, 3.05) is 50.3 Å². The van der Waals surface area contributed by atoms with E-state index in [1.165, 1.54) is 0 Å². The van der Waals surface area contributed by atoms with E-state index in [0.717, 1.165) is 16.5 Å². The molecule has 1 fully saturated rings. The maximum Gasteiger partial charge on any atom is 0.242 e. The van der Waals surface area contributed by atoms with Gasteiger partial charge in [-0.2, -0.15) is 0 Å². The van der Waals surface area contributed by atoms with E-state index in [1.807, 2.05) is 42.3 Å². The molecule has 1 heterocycles. The first kappa shape index (κ1) is 19.6. The summed E-state index contributed by atoms with van der Waals surface area (Å²) in [5.74, 6) is 0.113. The molecule has 2 aromatic carbocycles. The number of nitrogens with zero attached hydrogens (tertiary/aromatic N) is 2. The highest BCUT2D eigenvalue weighted by Crippen LogP contribution is 2.22. The van der Waals surface area contributed by atoms with Crippen LogP contribution in [0.15, 0.2) is 42.5 Å². The molecule has 0 radical (unpaired) electrons. The Hall–Kier alpha value is -2.12. The summed E-state index contributed by atoms with van der Waals surface area (Å²) in [6.07, 6.45) is 0.497. The Morgan fingerprint density at radius 1 is 1.19 bits per heavy atom. The fraction of sp³-hybridized carbons (Fsp3) is 0.450. The molecule has 1 saturated heterocycles. The number of likely N-dealkylation sites (N-methyl/N-ethyl adjacent to an activating group) is 1. The molecule has 1 atom stereocenters. The van der Waals surface area contributed by atoms with Gasteiger partial charge in [0.2, 0.25) is 5.91 Å². The minimum Gasteiger partial charge on any atom is -0.383 e. The van der Waals surface area contributed by atoms with Gasteiger partial charge in [0.15, 0.2) is 9.84 Å². The third-order valence-electron chi connectivity index (χ3n) is 5.05. The van der Waals surface area contributed by atoms with Crippen molar-refractivity contribution in [1.29, 1.82) is 0 Å². The lowest BCUT2D eigenvalue weighted by molar-refractivity contribution is -0.132. The van der Waals surface area contributed by atoms with E-state index < -0.39 is 9.84 Å². The lowest BCUT2D eigenvalue weighted by Crippen LogP contribution is -2.47. The van der Waals surface area contributed by atoms with Crippen molar-refractivity contribution in [3.8, 4) is 0 Å². The Bertz CT molecular complexity index is 913. The molecule has 6 nitrogen and oxygen atoms in total. The second kappa shape index (κ2) is 8.27. The topological polar surface area (TPSA) is 66.9 Å². The number of anilines is 1. The zero-order valence-corrected chi connectivity index (χ0v) is 16.6. The number of sulfone groups is 1. The number of carbonyl (C=O) groups excluding carboxylic acids is 1. The summed E-state index contributed by atoms with van der Waals surface area (Å²) in [6.45, 7) is 0.988. The van der Waals surface area contributed by atoms with Gasteiger partial charge in [0.1, 0.15) is 0 Å². The highest BCUT2D eigenvalue weighted by atomic mass is 32.2. The van der Waals surface area contributed by atoms with Crippen LogP contribution in [-0.2, 0) is 19.4 Å². The standard InChI is InChI=1S/C20H26N2O4S/c1-21(18-8-7-16-5-3-4-6-17(16)13-18)14-20(23)22(10-11-26-2)19-9-12-27(24,25)15-19/h3-8,13,19H,9-12,14-15H2,1-2H3/t19-/m0/s1. The highest BCUT2D eigenvalue weighted by Gasteiger charge is 2.34. The number of rotatable bonds is 7. The van der Waals surface area contributed by atoms with Gasteiger partial charge in [-0.3, -0.25) is 4.79 Å². The quantitative estimate of drug-likeness (QED) is 0.723. The van der Waals surface area contributed by atoms with Gasteiger partial charge >= 0.3 is 0 Å². The number of amides is 1. The second-order valence-corrected chi connectivity index (χ2v) is 9.25. The monoisotopic (exact) mass is 390 g/mol. The minimum atomic E-state index is -3.05. The lowest BCUT2D eigenvalue weighted by atomic mass is 10.1. The summed E-state index contributed by atoms with van der Waals surface area (Å²) in [6, 6.07) is 13.9. The van der Waals surface area contributed by atoms with Crippen molar-refractivity contribution >= 4 is 32.2 Å². The van der Waals surface area contributed by atoms with Gasteiger partial charge in [0.25, 0.3) is 0 Å². The number of hydrogen-bond acceptors (Lipinski definition) is 5. The zero-order valence-electron chi connectivity index (χ0n) is 15.8. The largest absolute Gasteiger partial charge is 0.383 e. The van der Waals surface area contributed by atoms with E-state index >= 15 is 0 Å². The SMILES string of the molecule is COCCN(C(=O)CN(C)c1ccc2ccccc2c1)[C@H]1CCS(=O)(=O)C1. The first-order valence-corrected chi connectivity index (χ1v) is 10.9. The highest BCUT2D eigenvalue weighted by molar-refractivity contribution is 7.91. The van der Waals surface area contributed by atoms with Crippen LogP contribution in [-0.4, -0.2) is 70.6 Å². The van der Waals surface area contributed by atoms with Gasteiger partial charge in [-0.05, 0) is 29.3 Å². The Kier molecular flexibility index (Phi) is 6.01. The number of ether oxygens (including phenoxy) is 1. The number of benzene rings is 2. The van der Waals surface area contributed by atoms with E-state index in [-0.39, 0.29) is 30.0 Å². The molecular formula is C20H26N2O4S. The Labute approximate surface area is 160 Å². The third kappa shape index (κ3) is 4.78. The first-order chi connectivity index (χ1) is 12.9. The van der Waals surface area contributed by atoms with Gasteiger partial charge in [-0.15, -0.1) is 0 Å². The minimum absolute atomic E-state index is 0.0438. The van der Waals surface area contributed by atoms with Gasteiger partial charge in [-0.25, -0.2) is 8.42 Å². The molecule has 146 valence electrons. The summed E-state index contributed by atoms with van der Waals surface area (Å²) >= 11 is 0. The fourth-order valence-corrected chi connectivity index (χ4v) is 5.25. The molecule has 1 amide bonds. The van der Waals surface area contributed by atoms with Crippen LogP contribution in [0.4, 0.5) is 5.69 Å². The number of carbonyl (C=O) groups is 1. The smallest absolute Gasteiger partial charge is 0.242 e. The molecule has 1 aliphatic heterocycles. The Balaban J connectivity index is 1.73. The summed E-state index contributed by atoms with van der Waals surface area (Å²) in [5.41, 5.74) is 0.952. The molecule has 0 spiro atoms. The van der Waals surface area contributed by atoms with Crippen LogP contribution in [0.2, 0.25) is 0 Å². The molecule has 7 heteroatoms. The van der Waals surface area contributed by atoms with E-state index in [4.69, 9.17) is 4.74 Å². The molecule has 3 rings (SSSR count). The van der Waals surface area contributed by atoms with Gasteiger partial charge in [-0.1, -0.05) is 30.3 Å². The molecule has 0 aromatic heterocycles. The molecule has 2 aromatic rings. The maximum atomic E-state index is 12.9. The molecule has 0 N–H and O–H groups in total. The van der Waals surface area contributed by atoms with Gasteiger partial charge in [0, 0.05) is 32.4 Å². The molecule has 0 unspecified atom stereocenters. The maximum absolute atomic E-state index is 12.9. The van der Waals surface area contributed by atoms with Crippen LogP contribution in [0.25, 0.3) is 10.8 Å². The van der Waals surface area contributed by atoms with Crippen molar-refractivity contribution < 1.29 is 17.9 Å². The van der Waals surface area contributed by atoms with Gasteiger partial charge < -0.3 is 14.5 Å². The molecule has 0 saturated carbocycles. The van der Waals surface area contributed by atoms with Crippen LogP contribution < -0.4 is 4.90 Å². The van der Waals surface area contributed by atoms with Crippen LogP contribution in [0.3, 0.4) is 0 Å². The predicted octanol–water partition coefficient (Wildman–Crippen LogP) is 1.94. The first-order valence-electron chi connectivity index (χ1n) is 9.08. The van der Waals surface area contributed by atoms with Crippen molar-refractivity contribution in [2.24, 2.45) is 0 Å². The molecule has 1 aliphatic rings. The summed E-state index contributed by atoms with van der Waals surface area (Å²) in [4.78, 5) is 16.5. The molecule has 0 aliphatic carbocycles. The third-order valence-corrected chi connectivity index (χ3v) is 6.80. The number of methoxy groups -OCH3 is 1. The summed E-state index contributed by atoms with van der Waals surface area (Å²) < 4.78 is 28.8. The van der Waals surface area contributed by atoms with E-state index in [1.54, 1.807) is 12.0 Å². The molecule has 27 heavy (non-hydrogen) atoms. The van der Waals surface area contributed by atoms with Crippen LogP contribution in [0, 0.1) is 0 Å². The lowest BCUT2D eigenvalue weighted by Gasteiger charge is -2.30. The second-order valence-electron chi connectivity index (χ2n) is 7.02. The van der Waals surface area contributed by atoms with Crippen molar-refractivity contribution in [3.63, 3.8) is 0 Å². The van der Waals surface area contributed by atoms with Gasteiger partial charge in [0.05, 0.1) is 24.7 Å². The van der Waals surface area contributed by atoms with E-state index in [0.29, 0.717) is 19.6 Å². The molecule has 0 bridgehead atoms. The summed E-state index contributed by atoms with van der Waals surface area (Å²) in [7, 11) is 0.403. The molecular weight excluding hydrogens is 364 g/mol. The number of fused-ring (bicyclic) bond motifs is 1. The van der Waals surface area contributed by atoms with Crippen molar-refractivity contribution in [2.45, 2.75) is 12.5 Å². The Morgan fingerprint density at radius 3 is 2.59 bits per heavy atom. The number of hydrogen-bond donors (Lipinski definition) is 0. The Morgan fingerprint density at radius 2 is 1.93 bits per heavy atom. The fourth-order valence-electron chi connectivity index (χ4n) is 3.52. The van der Waals surface area contributed by atoms with E-state index in [9.17, 15) is 13.2 Å². The average molecular weight is 391 g/mol. The average Bonchev–Trinajstić information content (AvgIpc) is 3.01. The van der Waals surface area contributed by atoms with Crippen LogP contribution >= 0.6 is 0 Å². The zero-order chi connectivity index (χ0) is 19.4. The predicted molar refractivity (Wildman–Crippen MR) is 108 cm³/mol. The van der Waals surface area contributed by atoms with E-state index in [2.05, 4.69) is 12.1 Å².